The number of benzene rings is 2. The van der Waals surface area contributed by atoms with Gasteiger partial charge in [-0.3, -0.25) is 4.79 Å². The standard InChI is InChI=1S/C25H27N3OS/c1-18-8-7-11-20(16-18)24-27-22-13-6-5-12-21(22)25(28-24)30-17-23(29)26-15-14-19-9-3-2-4-10-19/h2-4,7-11,16H,5-6,12-15,17H2,1H3,(H,26,29). The molecule has 1 heterocycles. The van der Waals surface area contributed by atoms with Gasteiger partial charge in [-0.1, -0.05) is 65.9 Å². The van der Waals surface area contributed by atoms with E-state index in [0.29, 0.717) is 12.3 Å². The van der Waals surface area contributed by atoms with Crippen LogP contribution >= 0.6 is 11.8 Å². The molecule has 1 aliphatic rings. The summed E-state index contributed by atoms with van der Waals surface area (Å²) in [5, 5.41) is 4.00. The predicted molar refractivity (Wildman–Crippen MR) is 123 cm³/mol. The summed E-state index contributed by atoms with van der Waals surface area (Å²) >= 11 is 1.54. The second-order valence-corrected chi connectivity index (χ2v) is 8.69. The Morgan fingerprint density at radius 1 is 1.03 bits per heavy atom. The van der Waals surface area contributed by atoms with E-state index in [1.54, 1.807) is 0 Å². The van der Waals surface area contributed by atoms with Crippen LogP contribution in [0.5, 0.6) is 0 Å². The molecule has 30 heavy (non-hydrogen) atoms. The number of carbonyl (C=O) groups is 1. The van der Waals surface area contributed by atoms with Crippen LogP contribution in [0.25, 0.3) is 11.4 Å². The molecule has 0 aliphatic heterocycles. The molecule has 4 nitrogen and oxygen atoms in total. The van der Waals surface area contributed by atoms with Crippen LogP contribution in [0.4, 0.5) is 0 Å². The van der Waals surface area contributed by atoms with Crippen LogP contribution in [0.1, 0.15) is 35.2 Å². The van der Waals surface area contributed by atoms with Crippen molar-refractivity contribution in [2.24, 2.45) is 0 Å². The van der Waals surface area contributed by atoms with Crippen LogP contribution in [0, 0.1) is 6.92 Å². The lowest BCUT2D eigenvalue weighted by Gasteiger charge is -2.19. The molecule has 1 N–H and O–H groups in total. The van der Waals surface area contributed by atoms with Crippen molar-refractivity contribution in [1.29, 1.82) is 0 Å². The Labute approximate surface area is 182 Å². The number of hydrogen-bond acceptors (Lipinski definition) is 4. The van der Waals surface area contributed by atoms with Crippen molar-refractivity contribution in [1.82, 2.24) is 15.3 Å². The molecule has 4 rings (SSSR count). The van der Waals surface area contributed by atoms with E-state index in [-0.39, 0.29) is 5.91 Å². The van der Waals surface area contributed by atoms with Crippen molar-refractivity contribution >= 4 is 17.7 Å². The molecule has 1 aromatic heterocycles. The number of thioether (sulfide) groups is 1. The van der Waals surface area contributed by atoms with Gasteiger partial charge in [0, 0.05) is 23.4 Å². The fraction of sp³-hybridized carbons (Fsp3) is 0.320. The van der Waals surface area contributed by atoms with Gasteiger partial charge < -0.3 is 5.32 Å². The van der Waals surface area contributed by atoms with E-state index in [2.05, 4.69) is 42.6 Å². The lowest BCUT2D eigenvalue weighted by Crippen LogP contribution is -2.27. The fourth-order valence-electron chi connectivity index (χ4n) is 3.77. The molecule has 154 valence electrons. The minimum absolute atomic E-state index is 0.0520. The highest BCUT2D eigenvalue weighted by Crippen LogP contribution is 2.31. The molecule has 0 saturated heterocycles. The maximum Gasteiger partial charge on any atom is 0.230 e. The zero-order valence-electron chi connectivity index (χ0n) is 17.4. The highest BCUT2D eigenvalue weighted by atomic mass is 32.2. The Morgan fingerprint density at radius 3 is 2.70 bits per heavy atom. The lowest BCUT2D eigenvalue weighted by molar-refractivity contribution is -0.118. The first-order valence-electron chi connectivity index (χ1n) is 10.6. The molecule has 0 radical (unpaired) electrons. The van der Waals surface area contributed by atoms with E-state index in [4.69, 9.17) is 9.97 Å². The number of aryl methyl sites for hydroxylation is 2. The maximum absolute atomic E-state index is 12.4. The van der Waals surface area contributed by atoms with Gasteiger partial charge in [0.1, 0.15) is 5.03 Å². The first-order valence-corrected chi connectivity index (χ1v) is 11.6. The van der Waals surface area contributed by atoms with Crippen LogP contribution in [0.3, 0.4) is 0 Å². The third kappa shape index (κ3) is 5.28. The van der Waals surface area contributed by atoms with Crippen molar-refractivity contribution in [2.45, 2.75) is 44.1 Å². The van der Waals surface area contributed by atoms with Gasteiger partial charge >= 0.3 is 0 Å². The number of hydrogen-bond donors (Lipinski definition) is 1. The molecule has 0 spiro atoms. The minimum atomic E-state index is 0.0520. The van der Waals surface area contributed by atoms with Crippen LogP contribution < -0.4 is 5.32 Å². The average Bonchev–Trinajstić information content (AvgIpc) is 2.78. The smallest absolute Gasteiger partial charge is 0.230 e. The SMILES string of the molecule is Cc1cccc(-c2nc3c(c(SCC(=O)NCCc4ccccc4)n2)CCCC3)c1. The minimum Gasteiger partial charge on any atom is -0.355 e. The highest BCUT2D eigenvalue weighted by molar-refractivity contribution is 7.99. The molecule has 1 aliphatic carbocycles. The summed E-state index contributed by atoms with van der Waals surface area (Å²) in [5.74, 6) is 1.20. The van der Waals surface area contributed by atoms with Crippen molar-refractivity contribution < 1.29 is 4.79 Å². The van der Waals surface area contributed by atoms with Gasteiger partial charge in [0.05, 0.1) is 5.75 Å². The fourth-order valence-corrected chi connectivity index (χ4v) is 4.68. The number of nitrogens with zero attached hydrogens (tertiary/aromatic N) is 2. The number of rotatable bonds is 7. The number of carbonyl (C=O) groups excluding carboxylic acids is 1. The van der Waals surface area contributed by atoms with Gasteiger partial charge in [-0.15, -0.1) is 0 Å². The number of fused-ring (bicyclic) bond motifs is 1. The van der Waals surface area contributed by atoms with E-state index in [9.17, 15) is 4.79 Å². The molecule has 5 heteroatoms. The van der Waals surface area contributed by atoms with E-state index < -0.39 is 0 Å². The summed E-state index contributed by atoms with van der Waals surface area (Å²) in [6.45, 7) is 2.73. The molecule has 0 bridgehead atoms. The zero-order valence-corrected chi connectivity index (χ0v) is 18.2. The normalized spacial score (nSPS) is 13.0. The summed E-state index contributed by atoms with van der Waals surface area (Å²) < 4.78 is 0. The largest absolute Gasteiger partial charge is 0.355 e. The van der Waals surface area contributed by atoms with Crippen LogP contribution in [-0.2, 0) is 24.1 Å². The molecule has 0 saturated carbocycles. The first kappa shape index (κ1) is 20.6. The van der Waals surface area contributed by atoms with Crippen molar-refractivity contribution in [3.8, 4) is 11.4 Å². The Morgan fingerprint density at radius 2 is 1.87 bits per heavy atom. The van der Waals surface area contributed by atoms with Crippen molar-refractivity contribution in [3.05, 3.63) is 77.0 Å². The molecular formula is C25H27N3OS. The molecule has 3 aromatic rings. The lowest BCUT2D eigenvalue weighted by atomic mass is 9.97. The van der Waals surface area contributed by atoms with Crippen molar-refractivity contribution in [2.75, 3.05) is 12.3 Å². The summed E-state index contributed by atoms with van der Waals surface area (Å²) in [5.41, 5.74) is 5.86. The van der Waals surface area contributed by atoms with Crippen molar-refractivity contribution in [3.63, 3.8) is 0 Å². The Balaban J connectivity index is 1.43. The van der Waals surface area contributed by atoms with Gasteiger partial charge in [-0.05, 0) is 50.7 Å². The Hall–Kier alpha value is -2.66. The van der Waals surface area contributed by atoms with Gasteiger partial charge in [0.2, 0.25) is 5.91 Å². The number of amides is 1. The van der Waals surface area contributed by atoms with E-state index in [1.165, 1.54) is 34.9 Å². The Kier molecular flexibility index (Phi) is 6.80. The third-order valence-corrected chi connectivity index (χ3v) is 6.36. The summed E-state index contributed by atoms with van der Waals surface area (Å²) in [7, 11) is 0. The van der Waals surface area contributed by atoms with E-state index >= 15 is 0 Å². The predicted octanol–water partition coefficient (Wildman–Crippen LogP) is 4.78. The Bertz CT molecular complexity index is 1020. The molecule has 0 unspecified atom stereocenters. The topological polar surface area (TPSA) is 54.9 Å². The monoisotopic (exact) mass is 417 g/mol. The quantitative estimate of drug-likeness (QED) is 0.444. The summed E-state index contributed by atoms with van der Waals surface area (Å²) in [6, 6.07) is 18.5. The third-order valence-electron chi connectivity index (χ3n) is 5.34. The molecule has 2 aromatic carbocycles. The first-order chi connectivity index (χ1) is 14.7. The molecule has 0 fully saturated rings. The molecule has 1 amide bonds. The summed E-state index contributed by atoms with van der Waals surface area (Å²) in [6.07, 6.45) is 5.17. The van der Waals surface area contributed by atoms with Gasteiger partial charge in [-0.2, -0.15) is 0 Å². The summed E-state index contributed by atoms with van der Waals surface area (Å²) in [4.78, 5) is 22.1. The number of nitrogens with one attached hydrogen (secondary N) is 1. The van der Waals surface area contributed by atoms with Crippen LogP contribution in [0.15, 0.2) is 59.6 Å². The average molecular weight is 418 g/mol. The second kappa shape index (κ2) is 9.90. The van der Waals surface area contributed by atoms with Crippen LogP contribution in [-0.4, -0.2) is 28.2 Å². The highest BCUT2D eigenvalue weighted by Gasteiger charge is 2.19. The van der Waals surface area contributed by atoms with E-state index in [0.717, 1.165) is 47.8 Å². The molecule has 0 atom stereocenters. The van der Waals surface area contributed by atoms with Gasteiger partial charge in [0.15, 0.2) is 5.82 Å². The zero-order chi connectivity index (χ0) is 20.8. The van der Waals surface area contributed by atoms with Gasteiger partial charge in [-0.25, -0.2) is 9.97 Å². The van der Waals surface area contributed by atoms with Crippen LogP contribution in [0.2, 0.25) is 0 Å². The maximum atomic E-state index is 12.4. The van der Waals surface area contributed by atoms with E-state index in [1.807, 2.05) is 24.3 Å². The second-order valence-electron chi connectivity index (χ2n) is 7.73. The van der Waals surface area contributed by atoms with Gasteiger partial charge in [0.25, 0.3) is 0 Å². The number of aromatic nitrogens is 2. The molecular weight excluding hydrogens is 390 g/mol.